The minimum Gasteiger partial charge on any atom is -0.478 e. The van der Waals surface area contributed by atoms with Crippen LogP contribution in [-0.4, -0.2) is 23.6 Å². The molecule has 0 aliphatic heterocycles. The second kappa shape index (κ2) is 7.04. The van der Waals surface area contributed by atoms with Gasteiger partial charge < -0.3 is 10.1 Å². The summed E-state index contributed by atoms with van der Waals surface area (Å²) in [5.74, 6) is 1.27. The lowest BCUT2D eigenvalue weighted by atomic mass is 10.2. The zero-order chi connectivity index (χ0) is 11.8. The first kappa shape index (κ1) is 12.7. The van der Waals surface area contributed by atoms with Crippen LogP contribution in [0.3, 0.4) is 0 Å². The highest BCUT2D eigenvalue weighted by Gasteiger charge is 2.01. The number of ether oxygens (including phenoxy) is 1. The summed E-state index contributed by atoms with van der Waals surface area (Å²) in [5, 5.41) is 2.92. The number of anilines is 1. The van der Waals surface area contributed by atoms with Gasteiger partial charge in [0.15, 0.2) is 0 Å². The fourth-order valence-corrected chi connectivity index (χ4v) is 1.43. The van der Waals surface area contributed by atoms with Crippen molar-refractivity contribution in [1.29, 1.82) is 0 Å². The van der Waals surface area contributed by atoms with Crippen LogP contribution in [-0.2, 0) is 0 Å². The van der Waals surface area contributed by atoms with Gasteiger partial charge in [-0.15, -0.1) is 0 Å². The quantitative estimate of drug-likeness (QED) is 0.722. The Bertz CT molecular complexity index is 315. The van der Waals surface area contributed by atoms with Gasteiger partial charge in [0, 0.05) is 18.8 Å². The molecule has 0 radical (unpaired) electrons. The zero-order valence-corrected chi connectivity index (χ0v) is 10.4. The first-order valence-corrected chi connectivity index (χ1v) is 5.92. The molecule has 4 heteroatoms. The Morgan fingerprint density at radius 2 is 2.06 bits per heavy atom. The van der Waals surface area contributed by atoms with Crippen LogP contribution in [0.15, 0.2) is 6.07 Å². The molecule has 16 heavy (non-hydrogen) atoms. The molecule has 0 atom stereocenters. The molecule has 0 bridgehead atoms. The second-order valence-electron chi connectivity index (χ2n) is 3.83. The minimum atomic E-state index is 0.614. The molecule has 4 nitrogen and oxygen atoms in total. The van der Waals surface area contributed by atoms with E-state index in [4.69, 9.17) is 4.74 Å². The normalized spacial score (nSPS) is 10.2. The molecular weight excluding hydrogens is 202 g/mol. The van der Waals surface area contributed by atoms with E-state index in [1.807, 2.05) is 13.0 Å². The average molecular weight is 223 g/mol. The van der Waals surface area contributed by atoms with Crippen molar-refractivity contribution in [2.45, 2.75) is 39.5 Å². The predicted molar refractivity (Wildman–Crippen MR) is 66.0 cm³/mol. The van der Waals surface area contributed by atoms with Crippen LogP contribution < -0.4 is 10.1 Å². The molecule has 90 valence electrons. The highest BCUT2D eigenvalue weighted by molar-refractivity contribution is 5.29. The predicted octanol–water partition coefficient (Wildman–Crippen LogP) is 2.79. The van der Waals surface area contributed by atoms with Gasteiger partial charge in [0.05, 0.1) is 6.61 Å². The number of rotatable bonds is 7. The number of aromatic nitrogens is 2. The molecule has 0 amide bonds. The molecule has 0 saturated carbocycles. The first-order chi connectivity index (χ1) is 7.76. The molecule has 1 heterocycles. The molecule has 1 aromatic heterocycles. The Hall–Kier alpha value is -1.32. The summed E-state index contributed by atoms with van der Waals surface area (Å²) < 4.78 is 5.58. The van der Waals surface area contributed by atoms with Crippen molar-refractivity contribution in [2.24, 2.45) is 0 Å². The van der Waals surface area contributed by atoms with Crippen LogP contribution >= 0.6 is 0 Å². The lowest BCUT2D eigenvalue weighted by molar-refractivity contribution is 0.293. The van der Waals surface area contributed by atoms with Crippen LogP contribution in [0.4, 0.5) is 5.95 Å². The maximum absolute atomic E-state index is 5.58. The van der Waals surface area contributed by atoms with Crippen molar-refractivity contribution < 1.29 is 4.74 Å². The number of unbranched alkanes of at least 4 members (excludes halogenated alkanes) is 3. The van der Waals surface area contributed by atoms with Gasteiger partial charge in [-0.3, -0.25) is 0 Å². The Labute approximate surface area is 97.5 Å². The average Bonchev–Trinajstić information content (AvgIpc) is 2.28. The van der Waals surface area contributed by atoms with Gasteiger partial charge in [-0.25, -0.2) is 4.98 Å². The molecule has 0 aliphatic rings. The number of nitrogens with one attached hydrogen (secondary N) is 1. The van der Waals surface area contributed by atoms with Crippen LogP contribution in [0.25, 0.3) is 0 Å². The van der Waals surface area contributed by atoms with Gasteiger partial charge in [-0.2, -0.15) is 4.98 Å². The number of aryl methyl sites for hydroxylation is 1. The highest BCUT2D eigenvalue weighted by atomic mass is 16.5. The smallest absolute Gasteiger partial charge is 0.225 e. The fraction of sp³-hybridized carbons (Fsp3) is 0.667. The fourth-order valence-electron chi connectivity index (χ4n) is 1.43. The van der Waals surface area contributed by atoms with Crippen LogP contribution in [0.1, 0.15) is 38.3 Å². The molecule has 1 N–H and O–H groups in total. The van der Waals surface area contributed by atoms with Gasteiger partial charge in [0.25, 0.3) is 0 Å². The van der Waals surface area contributed by atoms with Crippen molar-refractivity contribution >= 4 is 5.95 Å². The molecule has 1 aromatic rings. The highest BCUT2D eigenvalue weighted by Crippen LogP contribution is 2.12. The Morgan fingerprint density at radius 3 is 2.75 bits per heavy atom. The second-order valence-corrected chi connectivity index (χ2v) is 3.83. The lowest BCUT2D eigenvalue weighted by Crippen LogP contribution is -2.03. The Morgan fingerprint density at radius 1 is 1.25 bits per heavy atom. The van der Waals surface area contributed by atoms with E-state index in [1.54, 1.807) is 7.05 Å². The van der Waals surface area contributed by atoms with Crippen molar-refractivity contribution in [3.8, 4) is 5.88 Å². The molecule has 0 aliphatic carbocycles. The van der Waals surface area contributed by atoms with Crippen molar-refractivity contribution in [3.63, 3.8) is 0 Å². The third kappa shape index (κ3) is 4.47. The van der Waals surface area contributed by atoms with Crippen molar-refractivity contribution in [3.05, 3.63) is 11.8 Å². The minimum absolute atomic E-state index is 0.614. The Balaban J connectivity index is 2.38. The standard InChI is InChI=1S/C12H21N3O/c1-4-5-6-7-8-16-11-9-10(2)14-12(13-3)15-11/h9H,4-8H2,1-3H3,(H,13,14,15). The summed E-state index contributed by atoms with van der Waals surface area (Å²) in [4.78, 5) is 8.43. The Kier molecular flexibility index (Phi) is 5.61. The SMILES string of the molecule is CCCCCCOc1cc(C)nc(NC)n1. The number of hydrogen-bond donors (Lipinski definition) is 1. The van der Waals surface area contributed by atoms with Gasteiger partial charge >= 0.3 is 0 Å². The molecule has 0 aromatic carbocycles. The van der Waals surface area contributed by atoms with E-state index < -0.39 is 0 Å². The van der Waals surface area contributed by atoms with E-state index in [2.05, 4.69) is 22.2 Å². The van der Waals surface area contributed by atoms with Crippen LogP contribution in [0, 0.1) is 6.92 Å². The van der Waals surface area contributed by atoms with E-state index in [0.29, 0.717) is 11.8 Å². The molecule has 0 spiro atoms. The van der Waals surface area contributed by atoms with Crippen LogP contribution in [0.2, 0.25) is 0 Å². The van der Waals surface area contributed by atoms with Gasteiger partial charge in [0.2, 0.25) is 11.8 Å². The third-order valence-corrected chi connectivity index (χ3v) is 2.30. The van der Waals surface area contributed by atoms with Crippen molar-refractivity contribution in [2.75, 3.05) is 19.0 Å². The third-order valence-electron chi connectivity index (χ3n) is 2.30. The topological polar surface area (TPSA) is 47.0 Å². The molecule has 0 fully saturated rings. The number of nitrogens with zero attached hydrogens (tertiary/aromatic N) is 2. The molecule has 0 saturated heterocycles. The van der Waals surface area contributed by atoms with E-state index in [-0.39, 0.29) is 0 Å². The van der Waals surface area contributed by atoms with Crippen LogP contribution in [0.5, 0.6) is 5.88 Å². The van der Waals surface area contributed by atoms with Gasteiger partial charge in [0.1, 0.15) is 0 Å². The van der Waals surface area contributed by atoms with E-state index in [1.165, 1.54) is 19.3 Å². The van der Waals surface area contributed by atoms with Gasteiger partial charge in [-0.1, -0.05) is 26.2 Å². The zero-order valence-electron chi connectivity index (χ0n) is 10.4. The summed E-state index contributed by atoms with van der Waals surface area (Å²) >= 11 is 0. The van der Waals surface area contributed by atoms with Gasteiger partial charge in [-0.05, 0) is 13.3 Å². The molecule has 1 rings (SSSR count). The van der Waals surface area contributed by atoms with E-state index >= 15 is 0 Å². The molecular formula is C12H21N3O. The lowest BCUT2D eigenvalue weighted by Gasteiger charge is -2.07. The number of hydrogen-bond acceptors (Lipinski definition) is 4. The summed E-state index contributed by atoms with van der Waals surface area (Å²) in [6.45, 7) is 4.87. The summed E-state index contributed by atoms with van der Waals surface area (Å²) in [6.07, 6.45) is 4.83. The molecule has 0 unspecified atom stereocenters. The monoisotopic (exact) mass is 223 g/mol. The maximum atomic E-state index is 5.58. The maximum Gasteiger partial charge on any atom is 0.225 e. The largest absolute Gasteiger partial charge is 0.478 e. The summed E-state index contributed by atoms with van der Waals surface area (Å²) in [6, 6.07) is 1.86. The van der Waals surface area contributed by atoms with E-state index in [9.17, 15) is 0 Å². The summed E-state index contributed by atoms with van der Waals surface area (Å²) in [7, 11) is 1.81. The summed E-state index contributed by atoms with van der Waals surface area (Å²) in [5.41, 5.74) is 0.919. The first-order valence-electron chi connectivity index (χ1n) is 5.92. The van der Waals surface area contributed by atoms with Crippen molar-refractivity contribution in [1.82, 2.24) is 9.97 Å². The van der Waals surface area contributed by atoms with E-state index in [0.717, 1.165) is 18.7 Å².